The molecule has 5 rings (SSSR count). The molecule has 2 aromatic carbocycles. The second-order valence-electron chi connectivity index (χ2n) is 8.34. The summed E-state index contributed by atoms with van der Waals surface area (Å²) in [7, 11) is 1.97. The van der Waals surface area contributed by atoms with Gasteiger partial charge in [0.25, 0.3) is 5.91 Å². The molecule has 1 aliphatic carbocycles. The minimum absolute atomic E-state index is 0.0769. The molecule has 0 spiro atoms. The Morgan fingerprint density at radius 1 is 1.03 bits per heavy atom. The SMILES string of the molecule is Cn1ncc2ccc(-c3ccc(CN4CCN(C(=O)C5(O)CC5)CC4)cc3)cc21. The molecular weight excluding hydrogens is 364 g/mol. The summed E-state index contributed by atoms with van der Waals surface area (Å²) in [6.45, 7) is 3.97. The van der Waals surface area contributed by atoms with Crippen LogP contribution in [0.15, 0.2) is 48.7 Å². The molecule has 150 valence electrons. The zero-order chi connectivity index (χ0) is 20.0. The lowest BCUT2D eigenvalue weighted by Gasteiger charge is -2.35. The molecule has 6 heteroatoms. The van der Waals surface area contributed by atoms with Gasteiger partial charge in [0.05, 0.1) is 11.7 Å². The number of carbonyl (C=O) groups excluding carboxylic acids is 1. The van der Waals surface area contributed by atoms with Crippen molar-refractivity contribution in [2.45, 2.75) is 25.0 Å². The molecule has 0 radical (unpaired) electrons. The molecule has 2 fully saturated rings. The Morgan fingerprint density at radius 3 is 2.41 bits per heavy atom. The number of piperazine rings is 1. The lowest BCUT2D eigenvalue weighted by molar-refractivity contribution is -0.144. The number of hydrogen-bond donors (Lipinski definition) is 1. The van der Waals surface area contributed by atoms with Crippen molar-refractivity contribution in [3.8, 4) is 11.1 Å². The normalized spacial score (nSPS) is 18.9. The Kier molecular flexibility index (Phi) is 4.41. The van der Waals surface area contributed by atoms with Crippen LogP contribution in [0.3, 0.4) is 0 Å². The van der Waals surface area contributed by atoms with Crippen LogP contribution >= 0.6 is 0 Å². The van der Waals surface area contributed by atoms with Gasteiger partial charge in [-0.15, -0.1) is 0 Å². The molecule has 1 saturated carbocycles. The highest BCUT2D eigenvalue weighted by molar-refractivity contribution is 5.88. The first-order valence-corrected chi connectivity index (χ1v) is 10.3. The highest BCUT2D eigenvalue weighted by Gasteiger charge is 2.50. The van der Waals surface area contributed by atoms with Crippen molar-refractivity contribution in [1.82, 2.24) is 19.6 Å². The third-order valence-corrected chi connectivity index (χ3v) is 6.22. The molecule has 0 atom stereocenters. The standard InChI is InChI=1S/C23H26N4O2/c1-25-21-14-19(6-7-20(21)15-24-25)18-4-2-17(3-5-18)16-26-10-12-27(13-11-26)22(28)23(29)8-9-23/h2-7,14-15,29H,8-13,16H2,1H3. The molecule has 0 unspecified atom stereocenters. The average Bonchev–Trinajstić information content (AvgIpc) is 3.40. The number of hydrogen-bond acceptors (Lipinski definition) is 4. The maximum Gasteiger partial charge on any atom is 0.254 e. The summed E-state index contributed by atoms with van der Waals surface area (Å²) in [5, 5.41) is 15.5. The van der Waals surface area contributed by atoms with Crippen molar-refractivity contribution in [3.05, 3.63) is 54.2 Å². The van der Waals surface area contributed by atoms with Gasteiger partial charge in [0.15, 0.2) is 0 Å². The highest BCUT2D eigenvalue weighted by Crippen LogP contribution is 2.37. The first-order chi connectivity index (χ1) is 14.0. The van der Waals surface area contributed by atoms with E-state index in [0.29, 0.717) is 25.9 Å². The highest BCUT2D eigenvalue weighted by atomic mass is 16.3. The quantitative estimate of drug-likeness (QED) is 0.743. The summed E-state index contributed by atoms with van der Waals surface area (Å²) in [5.74, 6) is -0.0769. The van der Waals surface area contributed by atoms with E-state index in [1.54, 1.807) is 0 Å². The fourth-order valence-corrected chi connectivity index (χ4v) is 4.12. The summed E-state index contributed by atoms with van der Waals surface area (Å²) in [6.07, 6.45) is 3.12. The van der Waals surface area contributed by atoms with Gasteiger partial charge in [-0.25, -0.2) is 0 Å². The van der Waals surface area contributed by atoms with Gasteiger partial charge in [0, 0.05) is 45.2 Å². The van der Waals surface area contributed by atoms with Gasteiger partial charge in [-0.2, -0.15) is 5.10 Å². The maximum absolute atomic E-state index is 12.3. The van der Waals surface area contributed by atoms with E-state index in [-0.39, 0.29) is 5.91 Å². The molecule has 1 aliphatic heterocycles. The van der Waals surface area contributed by atoms with E-state index < -0.39 is 5.60 Å². The summed E-state index contributed by atoms with van der Waals surface area (Å²) in [4.78, 5) is 16.4. The number of benzene rings is 2. The van der Waals surface area contributed by atoms with Gasteiger partial charge >= 0.3 is 0 Å². The van der Waals surface area contributed by atoms with E-state index in [0.717, 1.165) is 30.5 Å². The van der Waals surface area contributed by atoms with Gasteiger partial charge in [-0.05, 0) is 35.6 Å². The molecule has 1 N–H and O–H groups in total. The van der Waals surface area contributed by atoms with Crippen LogP contribution in [0.25, 0.3) is 22.0 Å². The molecule has 2 heterocycles. The smallest absolute Gasteiger partial charge is 0.254 e. The zero-order valence-electron chi connectivity index (χ0n) is 16.7. The predicted octanol–water partition coefficient (Wildman–Crippen LogP) is 2.41. The predicted molar refractivity (Wildman–Crippen MR) is 112 cm³/mol. The fraction of sp³-hybridized carbons (Fsp3) is 0.391. The van der Waals surface area contributed by atoms with Crippen molar-refractivity contribution in [1.29, 1.82) is 0 Å². The van der Waals surface area contributed by atoms with Crippen LogP contribution in [0.2, 0.25) is 0 Å². The molecule has 1 amide bonds. The fourth-order valence-electron chi connectivity index (χ4n) is 4.12. The summed E-state index contributed by atoms with van der Waals surface area (Å²) >= 11 is 0. The monoisotopic (exact) mass is 390 g/mol. The number of nitrogens with zero attached hydrogens (tertiary/aromatic N) is 4. The topological polar surface area (TPSA) is 61.6 Å². The largest absolute Gasteiger partial charge is 0.380 e. The van der Waals surface area contributed by atoms with Gasteiger partial charge in [-0.1, -0.05) is 36.4 Å². The van der Waals surface area contributed by atoms with Crippen LogP contribution in [0.4, 0.5) is 0 Å². The van der Waals surface area contributed by atoms with E-state index in [1.165, 1.54) is 16.7 Å². The number of aliphatic hydroxyl groups is 1. The molecule has 2 aliphatic rings. The number of rotatable bonds is 4. The van der Waals surface area contributed by atoms with Crippen molar-refractivity contribution in [2.75, 3.05) is 26.2 Å². The Morgan fingerprint density at radius 2 is 1.72 bits per heavy atom. The van der Waals surface area contributed by atoms with Gasteiger partial charge in [0.1, 0.15) is 5.60 Å². The van der Waals surface area contributed by atoms with E-state index in [1.807, 2.05) is 22.8 Å². The van der Waals surface area contributed by atoms with Crippen molar-refractivity contribution in [3.63, 3.8) is 0 Å². The number of aromatic nitrogens is 2. The van der Waals surface area contributed by atoms with E-state index >= 15 is 0 Å². The van der Waals surface area contributed by atoms with Crippen molar-refractivity contribution in [2.24, 2.45) is 7.05 Å². The molecule has 0 bridgehead atoms. The number of fused-ring (bicyclic) bond motifs is 1. The maximum atomic E-state index is 12.3. The van der Waals surface area contributed by atoms with Gasteiger partial charge in [-0.3, -0.25) is 14.4 Å². The Bertz CT molecular complexity index is 1040. The minimum Gasteiger partial charge on any atom is -0.380 e. The molecular formula is C23H26N4O2. The van der Waals surface area contributed by atoms with Crippen molar-refractivity contribution >= 4 is 16.8 Å². The first-order valence-electron chi connectivity index (χ1n) is 10.3. The number of aryl methyl sites for hydroxylation is 1. The van der Waals surface area contributed by atoms with E-state index in [9.17, 15) is 9.90 Å². The molecule has 29 heavy (non-hydrogen) atoms. The second-order valence-corrected chi connectivity index (χ2v) is 8.34. The summed E-state index contributed by atoms with van der Waals surface area (Å²) < 4.78 is 1.90. The first kappa shape index (κ1) is 18.3. The average molecular weight is 390 g/mol. The van der Waals surface area contributed by atoms with Crippen LogP contribution < -0.4 is 0 Å². The van der Waals surface area contributed by atoms with Crippen LogP contribution in [0.1, 0.15) is 18.4 Å². The number of amides is 1. The lowest BCUT2D eigenvalue weighted by atomic mass is 10.0. The Hall–Kier alpha value is -2.70. The third-order valence-electron chi connectivity index (χ3n) is 6.22. The Labute approximate surface area is 170 Å². The van der Waals surface area contributed by atoms with Crippen LogP contribution in [0, 0.1) is 0 Å². The summed E-state index contributed by atoms with van der Waals surface area (Å²) in [5.41, 5.74) is 3.75. The van der Waals surface area contributed by atoms with Gasteiger partial charge in [0.2, 0.25) is 0 Å². The minimum atomic E-state index is -1.05. The van der Waals surface area contributed by atoms with Crippen LogP contribution in [0.5, 0.6) is 0 Å². The molecule has 1 saturated heterocycles. The lowest BCUT2D eigenvalue weighted by Crippen LogP contribution is -2.51. The second kappa shape index (κ2) is 6.97. The molecule has 6 nitrogen and oxygen atoms in total. The van der Waals surface area contributed by atoms with E-state index in [2.05, 4.69) is 52.5 Å². The Balaban J connectivity index is 1.22. The molecule has 1 aromatic heterocycles. The van der Waals surface area contributed by atoms with Crippen molar-refractivity contribution < 1.29 is 9.90 Å². The van der Waals surface area contributed by atoms with Crippen LogP contribution in [-0.2, 0) is 18.4 Å². The van der Waals surface area contributed by atoms with Crippen LogP contribution in [-0.4, -0.2) is 62.4 Å². The van der Waals surface area contributed by atoms with Gasteiger partial charge < -0.3 is 10.0 Å². The molecule has 3 aromatic rings. The number of carbonyl (C=O) groups is 1. The summed E-state index contributed by atoms with van der Waals surface area (Å²) in [6, 6.07) is 15.2. The zero-order valence-corrected chi connectivity index (χ0v) is 16.7. The van der Waals surface area contributed by atoms with E-state index in [4.69, 9.17) is 0 Å². The third kappa shape index (κ3) is 3.54.